The second kappa shape index (κ2) is 7.53. The molecule has 0 radical (unpaired) electrons. The summed E-state index contributed by atoms with van der Waals surface area (Å²) < 4.78 is 38.8. The van der Waals surface area contributed by atoms with Gasteiger partial charge in [-0.3, -0.25) is 4.79 Å². The lowest BCUT2D eigenvalue weighted by Gasteiger charge is -2.17. The minimum Gasteiger partial charge on any atom is -0.454 e. The van der Waals surface area contributed by atoms with E-state index < -0.39 is 10.0 Å². The molecule has 2 aliphatic heterocycles. The van der Waals surface area contributed by atoms with E-state index in [2.05, 4.69) is 15.0 Å². The molecule has 28 heavy (non-hydrogen) atoms. The quantitative estimate of drug-likeness (QED) is 0.754. The summed E-state index contributed by atoms with van der Waals surface area (Å²) in [5.41, 5.74) is 1.24. The lowest BCUT2D eigenvalue weighted by molar-refractivity contribution is -0.118. The van der Waals surface area contributed by atoms with E-state index in [1.54, 1.807) is 24.3 Å². The van der Waals surface area contributed by atoms with E-state index in [-0.39, 0.29) is 28.5 Å². The van der Waals surface area contributed by atoms with Crippen LogP contribution in [0.1, 0.15) is 5.56 Å². The predicted molar refractivity (Wildman–Crippen MR) is 107 cm³/mol. The van der Waals surface area contributed by atoms with Crippen LogP contribution in [0.5, 0.6) is 11.5 Å². The van der Waals surface area contributed by atoms with Gasteiger partial charge in [-0.15, -0.1) is 4.40 Å². The third-order valence-corrected chi connectivity index (χ3v) is 6.47. The average molecular weight is 440 g/mol. The fourth-order valence-electron chi connectivity index (χ4n) is 2.61. The minimum atomic E-state index is -3.86. The normalized spacial score (nSPS) is 16.0. The van der Waals surface area contributed by atoms with E-state index in [1.807, 2.05) is 6.07 Å². The van der Waals surface area contributed by atoms with Crippen LogP contribution in [0.4, 0.5) is 5.69 Å². The molecule has 0 atom stereocenters. The zero-order chi connectivity index (χ0) is 19.7. The molecule has 0 aromatic heterocycles. The van der Waals surface area contributed by atoms with Gasteiger partial charge in [-0.05, 0) is 35.9 Å². The molecule has 2 aliphatic rings. The van der Waals surface area contributed by atoms with Gasteiger partial charge in [0, 0.05) is 11.6 Å². The number of nitrogens with one attached hydrogen (secondary N) is 2. The van der Waals surface area contributed by atoms with E-state index >= 15 is 0 Å². The van der Waals surface area contributed by atoms with Crippen molar-refractivity contribution in [3.8, 4) is 11.5 Å². The molecule has 0 aliphatic carbocycles. The van der Waals surface area contributed by atoms with Gasteiger partial charge >= 0.3 is 0 Å². The van der Waals surface area contributed by atoms with Gasteiger partial charge in [0.15, 0.2) is 16.7 Å². The number of ether oxygens (including phenoxy) is 2. The molecule has 146 valence electrons. The third kappa shape index (κ3) is 4.03. The fraction of sp³-hybridized carbons (Fsp3) is 0.176. The first-order valence-corrected chi connectivity index (χ1v) is 10.9. The molecule has 8 nitrogen and oxygen atoms in total. The van der Waals surface area contributed by atoms with Gasteiger partial charge < -0.3 is 20.1 Å². The summed E-state index contributed by atoms with van der Waals surface area (Å²) in [5.74, 6) is 1.07. The molecule has 0 fully saturated rings. The van der Waals surface area contributed by atoms with Crippen LogP contribution in [0.25, 0.3) is 0 Å². The number of sulfonamides is 1. The second-order valence-corrected chi connectivity index (χ2v) is 8.86. The number of amidine groups is 1. The van der Waals surface area contributed by atoms with Crippen LogP contribution in [0, 0.1) is 0 Å². The van der Waals surface area contributed by atoms with E-state index in [9.17, 15) is 13.2 Å². The van der Waals surface area contributed by atoms with E-state index in [0.29, 0.717) is 28.8 Å². The van der Waals surface area contributed by atoms with Crippen LogP contribution in [0.15, 0.2) is 45.7 Å². The number of fused-ring (bicyclic) bond motifs is 2. The number of nitrogens with zero attached hydrogens (tertiary/aromatic N) is 1. The summed E-state index contributed by atoms with van der Waals surface area (Å²) in [6, 6.07) is 9.90. The van der Waals surface area contributed by atoms with Crippen LogP contribution in [0.3, 0.4) is 0 Å². The zero-order valence-electron chi connectivity index (χ0n) is 14.3. The van der Waals surface area contributed by atoms with Crippen molar-refractivity contribution in [3.63, 3.8) is 0 Å². The number of rotatable bonds is 4. The smallest absolute Gasteiger partial charge is 0.286 e. The zero-order valence-corrected chi connectivity index (χ0v) is 16.7. The summed E-state index contributed by atoms with van der Waals surface area (Å²) in [5, 5.41) is 6.11. The lowest BCUT2D eigenvalue weighted by atomic mass is 10.2. The van der Waals surface area contributed by atoms with Crippen molar-refractivity contribution in [2.24, 2.45) is 4.40 Å². The number of carbonyl (C=O) groups excluding carboxylic acids is 1. The molecule has 2 aromatic rings. The summed E-state index contributed by atoms with van der Waals surface area (Å²) in [4.78, 5) is 12.1. The van der Waals surface area contributed by atoms with Gasteiger partial charge in [-0.2, -0.15) is 8.42 Å². The standard InChI is InChI=1S/C17H14ClN3O5S2/c18-11-2-3-12-15(6-11)28(23,24)21-17(20-12)27-8-16(22)19-7-10-1-4-13-14(5-10)26-9-25-13/h1-6H,7-9H2,(H,19,22)(H,20,21). The Bertz CT molecular complexity index is 1090. The first kappa shape index (κ1) is 18.9. The monoisotopic (exact) mass is 439 g/mol. The number of thioether (sulfide) groups is 1. The molecule has 0 unspecified atom stereocenters. The fourth-order valence-corrected chi connectivity index (χ4v) is 4.94. The molecule has 4 rings (SSSR count). The van der Waals surface area contributed by atoms with Crippen LogP contribution in [-0.4, -0.2) is 32.0 Å². The van der Waals surface area contributed by atoms with Crippen LogP contribution in [0.2, 0.25) is 5.02 Å². The maximum atomic E-state index is 12.3. The second-order valence-electron chi connectivity index (χ2n) is 5.89. The molecular formula is C17H14ClN3O5S2. The van der Waals surface area contributed by atoms with Crippen molar-refractivity contribution in [2.75, 3.05) is 17.9 Å². The molecule has 0 bridgehead atoms. The van der Waals surface area contributed by atoms with Crippen molar-refractivity contribution in [3.05, 3.63) is 47.0 Å². The van der Waals surface area contributed by atoms with Gasteiger partial charge in [0.05, 0.1) is 11.4 Å². The van der Waals surface area contributed by atoms with Gasteiger partial charge in [0.1, 0.15) is 4.90 Å². The van der Waals surface area contributed by atoms with Gasteiger partial charge in [0.25, 0.3) is 10.0 Å². The van der Waals surface area contributed by atoms with E-state index in [4.69, 9.17) is 21.1 Å². The average Bonchev–Trinajstić information content (AvgIpc) is 3.13. The Morgan fingerprint density at radius 2 is 2.04 bits per heavy atom. The number of carbonyl (C=O) groups is 1. The topological polar surface area (TPSA) is 106 Å². The lowest BCUT2D eigenvalue weighted by Crippen LogP contribution is -2.27. The third-order valence-electron chi connectivity index (χ3n) is 3.93. The largest absolute Gasteiger partial charge is 0.454 e. The molecule has 0 spiro atoms. The Balaban J connectivity index is 1.34. The van der Waals surface area contributed by atoms with E-state index in [1.165, 1.54) is 6.07 Å². The van der Waals surface area contributed by atoms with Crippen LogP contribution >= 0.6 is 23.4 Å². The number of amides is 1. The highest BCUT2D eigenvalue weighted by Gasteiger charge is 2.25. The van der Waals surface area contributed by atoms with Crippen LogP contribution in [-0.2, 0) is 21.4 Å². The first-order valence-electron chi connectivity index (χ1n) is 8.10. The van der Waals surface area contributed by atoms with E-state index in [0.717, 1.165) is 17.3 Å². The minimum absolute atomic E-state index is 0.00876. The Hall–Kier alpha value is -2.43. The van der Waals surface area contributed by atoms with Crippen molar-refractivity contribution < 1.29 is 22.7 Å². The molecular weight excluding hydrogens is 426 g/mol. The van der Waals surface area contributed by atoms with Crippen LogP contribution < -0.4 is 20.1 Å². The Labute approximate surface area is 170 Å². The number of halogens is 1. The van der Waals surface area contributed by atoms with Crippen molar-refractivity contribution in [1.82, 2.24) is 5.32 Å². The van der Waals surface area contributed by atoms with Crippen molar-refractivity contribution >= 4 is 50.1 Å². The number of hydrogen-bond donors (Lipinski definition) is 2. The predicted octanol–water partition coefficient (Wildman–Crippen LogP) is 2.59. The van der Waals surface area contributed by atoms with Gasteiger partial charge in [-0.1, -0.05) is 29.4 Å². The number of benzene rings is 2. The maximum Gasteiger partial charge on any atom is 0.286 e. The summed E-state index contributed by atoms with van der Waals surface area (Å²) >= 11 is 6.85. The number of hydrogen-bond acceptors (Lipinski definition) is 7. The summed E-state index contributed by atoms with van der Waals surface area (Å²) in [6.07, 6.45) is 0. The van der Waals surface area contributed by atoms with Gasteiger partial charge in [-0.25, -0.2) is 0 Å². The summed E-state index contributed by atoms with van der Waals surface area (Å²) in [7, 11) is -3.86. The highest BCUT2D eigenvalue weighted by Crippen LogP contribution is 2.33. The molecule has 0 saturated heterocycles. The highest BCUT2D eigenvalue weighted by atomic mass is 35.5. The number of anilines is 1. The maximum absolute atomic E-state index is 12.3. The molecule has 1 amide bonds. The molecule has 2 N–H and O–H groups in total. The SMILES string of the molecule is O=C(CSC1=NS(=O)(=O)c2cc(Cl)ccc2N1)NCc1ccc2c(c1)OCO2. The molecule has 2 heterocycles. The first-order chi connectivity index (χ1) is 13.4. The highest BCUT2D eigenvalue weighted by molar-refractivity contribution is 8.15. The Kier molecular flexibility index (Phi) is 5.09. The Morgan fingerprint density at radius 3 is 2.89 bits per heavy atom. The van der Waals surface area contributed by atoms with Crippen molar-refractivity contribution in [1.29, 1.82) is 0 Å². The summed E-state index contributed by atoms with van der Waals surface area (Å²) in [6.45, 7) is 0.505. The molecule has 2 aromatic carbocycles. The molecule has 0 saturated carbocycles. The van der Waals surface area contributed by atoms with Gasteiger partial charge in [0.2, 0.25) is 12.7 Å². The Morgan fingerprint density at radius 1 is 1.21 bits per heavy atom. The van der Waals surface area contributed by atoms with Crippen molar-refractivity contribution in [2.45, 2.75) is 11.4 Å². The molecule has 11 heteroatoms.